The van der Waals surface area contributed by atoms with E-state index in [0.29, 0.717) is 5.52 Å². The Bertz CT molecular complexity index is 1280. The number of carbonyl (C=O) groups excluding carboxylic acids is 1. The van der Waals surface area contributed by atoms with Crippen LogP contribution in [0.15, 0.2) is 18.2 Å². The molecule has 36 heavy (non-hydrogen) atoms. The lowest BCUT2D eigenvalue weighted by Gasteiger charge is -2.15. The Morgan fingerprint density at radius 2 is 1.94 bits per heavy atom. The van der Waals surface area contributed by atoms with Gasteiger partial charge in [0.15, 0.2) is 11.8 Å². The fourth-order valence-corrected chi connectivity index (χ4v) is 4.29. The van der Waals surface area contributed by atoms with Crippen LogP contribution in [0.3, 0.4) is 0 Å². The lowest BCUT2D eigenvalue weighted by Crippen LogP contribution is -2.34. The van der Waals surface area contributed by atoms with Gasteiger partial charge >= 0.3 is 0 Å². The average molecular weight is 525 g/mol. The summed E-state index contributed by atoms with van der Waals surface area (Å²) in [6.45, 7) is 3.35. The Morgan fingerprint density at radius 3 is 2.67 bits per heavy atom. The summed E-state index contributed by atoms with van der Waals surface area (Å²) in [5, 5.41) is 12.5. The van der Waals surface area contributed by atoms with Crippen LogP contribution in [0.5, 0.6) is 11.9 Å². The number of aliphatic hydroxyl groups is 1. The molecule has 1 aromatic carbocycles. The number of hydrogen-bond acceptors (Lipinski definition) is 8. The van der Waals surface area contributed by atoms with Crippen LogP contribution in [-0.4, -0.2) is 69.6 Å². The number of benzene rings is 1. The van der Waals surface area contributed by atoms with Gasteiger partial charge in [-0.2, -0.15) is 9.97 Å². The van der Waals surface area contributed by atoms with Gasteiger partial charge in [0, 0.05) is 11.6 Å². The molecule has 2 aromatic heterocycles. The van der Waals surface area contributed by atoms with Crippen LogP contribution in [0.1, 0.15) is 29.8 Å². The van der Waals surface area contributed by atoms with Crippen LogP contribution in [-0.2, 0) is 16.1 Å². The van der Waals surface area contributed by atoms with E-state index in [1.165, 1.54) is 6.07 Å². The number of hydrogen-bond donors (Lipinski definition) is 3. The molecule has 3 aromatic rings. The van der Waals surface area contributed by atoms with E-state index < -0.39 is 48.6 Å². The number of nitrogens with one attached hydrogen (secondary N) is 2. The van der Waals surface area contributed by atoms with Crippen molar-refractivity contribution in [2.75, 3.05) is 13.2 Å². The predicted molar refractivity (Wildman–Crippen MR) is 122 cm³/mol. The SMILES string of the molecule is CC(C)NC(=O)c1cc(F)c(COc2nc3nc(O[C@@H]4COC5[C@H](O)CO[C@@H]54)[nH]c3cc2Cl)c(F)c1. The lowest BCUT2D eigenvalue weighted by atomic mass is 10.1. The second kappa shape index (κ2) is 9.77. The number of amides is 1. The quantitative estimate of drug-likeness (QED) is 0.430. The van der Waals surface area contributed by atoms with E-state index in [1.807, 2.05) is 0 Å². The minimum Gasteiger partial charge on any atom is -0.471 e. The number of ether oxygens (including phenoxy) is 4. The van der Waals surface area contributed by atoms with E-state index in [-0.39, 0.29) is 52.9 Å². The lowest BCUT2D eigenvalue weighted by molar-refractivity contribution is 0.00706. The standard InChI is InChI=1S/C23H23ClF2N4O6/c1-9(2)27-21(32)10-3-13(25)11(14(26)4-10)6-35-22-12(24)5-15-20(29-22)30-23(28-15)36-17-8-34-18-16(31)7-33-19(17)18/h3-5,9,16-19,31H,6-8H2,1-2H3,(H,27,32)(H,28,29,30)/t16-,17-,18?,19-/m1/s1. The smallest absolute Gasteiger partial charge is 0.296 e. The summed E-state index contributed by atoms with van der Waals surface area (Å²) in [5.74, 6) is -2.55. The van der Waals surface area contributed by atoms with E-state index in [9.17, 15) is 18.7 Å². The Hall–Kier alpha value is -3.06. The molecule has 0 bridgehead atoms. The molecule has 10 nitrogen and oxygen atoms in total. The van der Waals surface area contributed by atoms with Crippen molar-refractivity contribution >= 4 is 28.7 Å². The molecule has 0 radical (unpaired) electrons. The minimum atomic E-state index is -0.937. The molecule has 2 aliphatic rings. The predicted octanol–water partition coefficient (Wildman–Crippen LogP) is 2.51. The molecule has 3 N–H and O–H groups in total. The van der Waals surface area contributed by atoms with Gasteiger partial charge in [0.05, 0.1) is 24.3 Å². The molecular weight excluding hydrogens is 502 g/mol. The third kappa shape index (κ3) is 4.81. The van der Waals surface area contributed by atoms with Crippen LogP contribution in [0, 0.1) is 11.6 Å². The first kappa shape index (κ1) is 24.6. The summed E-state index contributed by atoms with van der Waals surface area (Å²) in [4.78, 5) is 23.5. The normalized spacial score (nSPS) is 23.3. The molecule has 1 amide bonds. The van der Waals surface area contributed by atoms with Crippen molar-refractivity contribution in [1.29, 1.82) is 0 Å². The van der Waals surface area contributed by atoms with Gasteiger partial charge in [0.25, 0.3) is 11.9 Å². The van der Waals surface area contributed by atoms with Gasteiger partial charge in [0.1, 0.15) is 41.6 Å². The molecule has 0 saturated carbocycles. The summed E-state index contributed by atoms with van der Waals surface area (Å²) < 4.78 is 51.5. The Morgan fingerprint density at radius 1 is 1.22 bits per heavy atom. The van der Waals surface area contributed by atoms with Gasteiger partial charge in [-0.1, -0.05) is 11.6 Å². The monoisotopic (exact) mass is 524 g/mol. The van der Waals surface area contributed by atoms with Crippen LogP contribution in [0.4, 0.5) is 8.78 Å². The number of halogens is 3. The maximum absolute atomic E-state index is 14.6. The van der Waals surface area contributed by atoms with E-state index >= 15 is 0 Å². The first-order chi connectivity index (χ1) is 17.2. The summed E-state index contributed by atoms with van der Waals surface area (Å²) >= 11 is 6.25. The molecule has 4 atom stereocenters. The van der Waals surface area contributed by atoms with Crippen molar-refractivity contribution < 1.29 is 37.6 Å². The van der Waals surface area contributed by atoms with Crippen molar-refractivity contribution in [3.63, 3.8) is 0 Å². The Kier molecular flexibility index (Phi) is 6.68. The topological polar surface area (TPSA) is 128 Å². The van der Waals surface area contributed by atoms with Crippen LogP contribution < -0.4 is 14.8 Å². The highest BCUT2D eigenvalue weighted by molar-refractivity contribution is 6.32. The van der Waals surface area contributed by atoms with Gasteiger partial charge in [0.2, 0.25) is 5.88 Å². The number of aliphatic hydroxyl groups excluding tert-OH is 1. The second-order valence-electron chi connectivity index (χ2n) is 8.84. The number of rotatable bonds is 7. The molecule has 0 aliphatic carbocycles. The first-order valence-corrected chi connectivity index (χ1v) is 11.6. The maximum Gasteiger partial charge on any atom is 0.296 e. The molecule has 13 heteroatoms. The van der Waals surface area contributed by atoms with E-state index in [0.717, 1.165) is 12.1 Å². The number of pyridine rings is 1. The Balaban J connectivity index is 1.29. The third-order valence-electron chi connectivity index (χ3n) is 5.79. The molecule has 192 valence electrons. The van der Waals surface area contributed by atoms with Gasteiger partial charge in [-0.15, -0.1) is 0 Å². The van der Waals surface area contributed by atoms with Crippen molar-refractivity contribution in [1.82, 2.24) is 20.3 Å². The molecule has 5 rings (SSSR count). The van der Waals surface area contributed by atoms with Crippen LogP contribution >= 0.6 is 11.6 Å². The number of H-pyrrole nitrogens is 1. The summed E-state index contributed by atoms with van der Waals surface area (Å²) in [6.07, 6.45) is -2.05. The Labute approximate surface area is 208 Å². The average Bonchev–Trinajstić information content (AvgIpc) is 3.49. The number of aromatic amines is 1. The van der Waals surface area contributed by atoms with Gasteiger partial charge in [-0.05, 0) is 32.0 Å². The summed E-state index contributed by atoms with van der Waals surface area (Å²) in [7, 11) is 0. The molecule has 1 unspecified atom stereocenters. The van der Waals surface area contributed by atoms with Crippen LogP contribution in [0.2, 0.25) is 5.02 Å². The molecule has 0 spiro atoms. The highest BCUT2D eigenvalue weighted by Gasteiger charge is 2.48. The first-order valence-electron chi connectivity index (χ1n) is 11.3. The van der Waals surface area contributed by atoms with Crippen molar-refractivity contribution in [3.8, 4) is 11.9 Å². The molecule has 2 aliphatic heterocycles. The van der Waals surface area contributed by atoms with E-state index in [1.54, 1.807) is 13.8 Å². The number of nitrogens with zero attached hydrogens (tertiary/aromatic N) is 2. The zero-order valence-corrected chi connectivity index (χ0v) is 20.0. The van der Waals surface area contributed by atoms with E-state index in [4.69, 9.17) is 30.5 Å². The zero-order chi connectivity index (χ0) is 25.6. The fourth-order valence-electron chi connectivity index (χ4n) is 4.08. The largest absolute Gasteiger partial charge is 0.471 e. The number of fused-ring (bicyclic) bond motifs is 2. The van der Waals surface area contributed by atoms with Crippen molar-refractivity contribution in [3.05, 3.63) is 46.0 Å². The highest BCUT2D eigenvalue weighted by atomic mass is 35.5. The van der Waals surface area contributed by atoms with Crippen LogP contribution in [0.25, 0.3) is 11.2 Å². The summed E-state index contributed by atoms with van der Waals surface area (Å²) in [5.41, 5.74) is 0.132. The second-order valence-corrected chi connectivity index (χ2v) is 9.25. The van der Waals surface area contributed by atoms with Crippen molar-refractivity contribution in [2.24, 2.45) is 0 Å². The third-order valence-corrected chi connectivity index (χ3v) is 6.06. The van der Waals surface area contributed by atoms with Gasteiger partial charge in [-0.3, -0.25) is 4.79 Å². The maximum atomic E-state index is 14.6. The van der Waals surface area contributed by atoms with Gasteiger partial charge in [-0.25, -0.2) is 8.78 Å². The molecular formula is C23H23ClF2N4O6. The number of imidazole rings is 1. The zero-order valence-electron chi connectivity index (χ0n) is 19.3. The number of carbonyl (C=O) groups is 1. The van der Waals surface area contributed by atoms with Crippen molar-refractivity contribution in [2.45, 2.75) is 50.9 Å². The molecule has 2 fully saturated rings. The number of aromatic nitrogens is 3. The molecule has 4 heterocycles. The van der Waals surface area contributed by atoms with Gasteiger partial charge < -0.3 is 34.4 Å². The summed E-state index contributed by atoms with van der Waals surface area (Å²) in [6, 6.07) is 3.33. The molecule has 2 saturated heterocycles. The fraction of sp³-hybridized carbons (Fsp3) is 0.435. The minimum absolute atomic E-state index is 0.0814. The van der Waals surface area contributed by atoms with E-state index in [2.05, 4.69) is 20.3 Å². The highest BCUT2D eigenvalue weighted by Crippen LogP contribution is 2.31.